The van der Waals surface area contributed by atoms with Crippen LogP contribution >= 0.6 is 22.6 Å². The number of pyridine rings is 1. The summed E-state index contributed by atoms with van der Waals surface area (Å²) in [5.41, 5.74) is 1.20. The van der Waals surface area contributed by atoms with E-state index in [0.29, 0.717) is 6.61 Å². The molecule has 1 aromatic carbocycles. The van der Waals surface area contributed by atoms with E-state index in [9.17, 15) is 0 Å². The minimum absolute atomic E-state index is 0.687. The number of hydrogen-bond donors (Lipinski definition) is 0. The van der Waals surface area contributed by atoms with Crippen molar-refractivity contribution in [2.24, 2.45) is 0 Å². The van der Waals surface area contributed by atoms with Gasteiger partial charge in [-0.1, -0.05) is 6.07 Å². The number of benzene rings is 1. The Morgan fingerprint density at radius 1 is 1.12 bits per heavy atom. The Kier molecular flexibility index (Phi) is 4.16. The molecule has 0 aliphatic heterocycles. The minimum atomic E-state index is 0.687. The summed E-state index contributed by atoms with van der Waals surface area (Å²) in [7, 11) is 0. The maximum atomic E-state index is 5.63. The Balaban J connectivity index is 1.82. The number of hydrogen-bond acceptors (Lipinski definition) is 2. The molecule has 1 aromatic heterocycles. The summed E-state index contributed by atoms with van der Waals surface area (Å²) in [5, 5.41) is 0. The summed E-state index contributed by atoms with van der Waals surface area (Å²) >= 11 is 2.28. The van der Waals surface area contributed by atoms with Crippen LogP contribution in [0.3, 0.4) is 0 Å². The fourth-order valence-electron chi connectivity index (χ4n) is 1.36. The predicted octanol–water partition coefficient (Wildman–Crippen LogP) is 3.31. The van der Waals surface area contributed by atoms with Gasteiger partial charge in [0.2, 0.25) is 0 Å². The predicted molar refractivity (Wildman–Crippen MR) is 72.6 cm³/mol. The smallest absolute Gasteiger partial charge is 0.119 e. The van der Waals surface area contributed by atoms with E-state index >= 15 is 0 Å². The van der Waals surface area contributed by atoms with E-state index in [1.807, 2.05) is 36.5 Å². The van der Waals surface area contributed by atoms with Gasteiger partial charge in [0.15, 0.2) is 0 Å². The van der Waals surface area contributed by atoms with Crippen LogP contribution in [0, 0.1) is 3.57 Å². The number of ether oxygens (including phenoxy) is 1. The fourth-order valence-corrected chi connectivity index (χ4v) is 1.72. The largest absolute Gasteiger partial charge is 0.493 e. The van der Waals surface area contributed by atoms with Crippen LogP contribution in [0.2, 0.25) is 0 Å². The van der Waals surface area contributed by atoms with Crippen molar-refractivity contribution >= 4 is 22.6 Å². The summed E-state index contributed by atoms with van der Waals surface area (Å²) < 4.78 is 6.85. The molecular formula is C13H12INO. The summed E-state index contributed by atoms with van der Waals surface area (Å²) in [4.78, 5) is 4.07. The van der Waals surface area contributed by atoms with Crippen molar-refractivity contribution in [3.63, 3.8) is 0 Å². The first kappa shape index (κ1) is 11.4. The van der Waals surface area contributed by atoms with Gasteiger partial charge in [0, 0.05) is 22.4 Å². The van der Waals surface area contributed by atoms with Crippen LogP contribution in [0.15, 0.2) is 48.8 Å². The van der Waals surface area contributed by atoms with E-state index in [4.69, 9.17) is 4.74 Å². The van der Waals surface area contributed by atoms with Crippen molar-refractivity contribution in [2.75, 3.05) is 6.61 Å². The van der Waals surface area contributed by atoms with E-state index in [-0.39, 0.29) is 0 Å². The first-order valence-electron chi connectivity index (χ1n) is 5.12. The highest BCUT2D eigenvalue weighted by Crippen LogP contribution is 2.13. The average molecular weight is 325 g/mol. The molecule has 82 valence electrons. The number of halogens is 1. The molecule has 0 spiro atoms. The van der Waals surface area contributed by atoms with Crippen molar-refractivity contribution < 1.29 is 4.74 Å². The highest BCUT2D eigenvalue weighted by molar-refractivity contribution is 14.1. The first-order chi connectivity index (χ1) is 7.84. The number of nitrogens with zero attached hydrogens (tertiary/aromatic N) is 1. The zero-order chi connectivity index (χ0) is 11.2. The molecule has 3 heteroatoms. The molecule has 0 saturated heterocycles. The van der Waals surface area contributed by atoms with Crippen LogP contribution in [-0.2, 0) is 6.42 Å². The van der Waals surface area contributed by atoms with E-state index in [1.165, 1.54) is 9.13 Å². The maximum Gasteiger partial charge on any atom is 0.119 e. The normalized spacial score (nSPS) is 10.1. The fraction of sp³-hybridized carbons (Fsp3) is 0.154. The maximum absolute atomic E-state index is 5.63. The third-order valence-electron chi connectivity index (χ3n) is 2.20. The Morgan fingerprint density at radius 2 is 1.94 bits per heavy atom. The van der Waals surface area contributed by atoms with Crippen molar-refractivity contribution in [3.8, 4) is 5.75 Å². The topological polar surface area (TPSA) is 22.1 Å². The second kappa shape index (κ2) is 5.84. The molecule has 0 fully saturated rings. The van der Waals surface area contributed by atoms with Crippen LogP contribution < -0.4 is 4.74 Å². The monoisotopic (exact) mass is 325 g/mol. The Bertz CT molecular complexity index is 427. The van der Waals surface area contributed by atoms with Gasteiger partial charge in [0.25, 0.3) is 0 Å². The van der Waals surface area contributed by atoms with E-state index in [1.54, 1.807) is 6.20 Å². The molecule has 1 heterocycles. The Labute approximate surface area is 109 Å². The zero-order valence-electron chi connectivity index (χ0n) is 8.77. The highest BCUT2D eigenvalue weighted by atomic mass is 127. The van der Waals surface area contributed by atoms with E-state index in [0.717, 1.165) is 12.2 Å². The van der Waals surface area contributed by atoms with Crippen LogP contribution in [0.5, 0.6) is 5.75 Å². The summed E-state index contributed by atoms with van der Waals surface area (Å²) in [6.07, 6.45) is 4.54. The van der Waals surface area contributed by atoms with E-state index in [2.05, 4.69) is 33.6 Å². The van der Waals surface area contributed by atoms with Gasteiger partial charge < -0.3 is 4.74 Å². The molecule has 16 heavy (non-hydrogen) atoms. The summed E-state index contributed by atoms with van der Waals surface area (Å²) in [6, 6.07) is 12.1. The molecule has 0 radical (unpaired) electrons. The molecule has 2 nitrogen and oxygen atoms in total. The standard InChI is InChI=1S/C13H12INO/c14-12-3-5-13(6-4-12)16-9-7-11-2-1-8-15-10-11/h1-6,8,10H,7,9H2. The van der Waals surface area contributed by atoms with Gasteiger partial charge in [-0.2, -0.15) is 0 Å². The lowest BCUT2D eigenvalue weighted by molar-refractivity contribution is 0.322. The summed E-state index contributed by atoms with van der Waals surface area (Å²) in [6.45, 7) is 0.687. The molecule has 0 aliphatic carbocycles. The lowest BCUT2D eigenvalue weighted by atomic mass is 10.2. The molecule has 0 unspecified atom stereocenters. The van der Waals surface area contributed by atoms with Crippen molar-refractivity contribution in [1.82, 2.24) is 4.98 Å². The second-order valence-electron chi connectivity index (χ2n) is 3.41. The van der Waals surface area contributed by atoms with Gasteiger partial charge in [-0.3, -0.25) is 4.98 Å². The molecule has 0 aliphatic rings. The molecule has 0 amide bonds. The first-order valence-corrected chi connectivity index (χ1v) is 6.20. The van der Waals surface area contributed by atoms with Crippen molar-refractivity contribution in [1.29, 1.82) is 0 Å². The molecular weight excluding hydrogens is 313 g/mol. The Morgan fingerprint density at radius 3 is 2.62 bits per heavy atom. The third kappa shape index (κ3) is 3.48. The van der Waals surface area contributed by atoms with Crippen LogP contribution in [0.4, 0.5) is 0 Å². The molecule has 0 saturated carbocycles. The summed E-state index contributed by atoms with van der Waals surface area (Å²) in [5.74, 6) is 0.921. The minimum Gasteiger partial charge on any atom is -0.493 e. The molecule has 2 rings (SSSR count). The van der Waals surface area contributed by atoms with Crippen LogP contribution in [-0.4, -0.2) is 11.6 Å². The Hall–Kier alpha value is -1.10. The van der Waals surface area contributed by atoms with Gasteiger partial charge in [-0.15, -0.1) is 0 Å². The lowest BCUT2D eigenvalue weighted by Gasteiger charge is -2.05. The average Bonchev–Trinajstić information content (AvgIpc) is 2.33. The van der Waals surface area contributed by atoms with Gasteiger partial charge in [0.05, 0.1) is 6.61 Å². The number of aromatic nitrogens is 1. The SMILES string of the molecule is Ic1ccc(OCCc2cccnc2)cc1. The zero-order valence-corrected chi connectivity index (χ0v) is 10.9. The van der Waals surface area contributed by atoms with Gasteiger partial charge in [-0.05, 0) is 58.5 Å². The molecule has 0 N–H and O–H groups in total. The second-order valence-corrected chi connectivity index (χ2v) is 4.66. The van der Waals surface area contributed by atoms with Crippen LogP contribution in [0.25, 0.3) is 0 Å². The molecule has 0 atom stereocenters. The van der Waals surface area contributed by atoms with Crippen LogP contribution in [0.1, 0.15) is 5.56 Å². The molecule has 2 aromatic rings. The lowest BCUT2D eigenvalue weighted by Crippen LogP contribution is -2.01. The van der Waals surface area contributed by atoms with Gasteiger partial charge in [-0.25, -0.2) is 0 Å². The quantitative estimate of drug-likeness (QED) is 0.805. The molecule has 0 bridgehead atoms. The van der Waals surface area contributed by atoms with Gasteiger partial charge in [0.1, 0.15) is 5.75 Å². The number of rotatable bonds is 4. The van der Waals surface area contributed by atoms with Crippen molar-refractivity contribution in [2.45, 2.75) is 6.42 Å². The van der Waals surface area contributed by atoms with Gasteiger partial charge >= 0.3 is 0 Å². The highest BCUT2D eigenvalue weighted by Gasteiger charge is 1.95. The van der Waals surface area contributed by atoms with E-state index < -0.39 is 0 Å². The van der Waals surface area contributed by atoms with Crippen molar-refractivity contribution in [3.05, 3.63) is 57.9 Å². The third-order valence-corrected chi connectivity index (χ3v) is 2.92.